The van der Waals surface area contributed by atoms with Crippen molar-refractivity contribution in [2.45, 2.75) is 37.8 Å². The van der Waals surface area contributed by atoms with E-state index in [2.05, 4.69) is 48.6 Å². The molecule has 0 radical (unpaired) electrons. The number of rotatable bonds is 2. The molecule has 1 aliphatic carbocycles. The highest BCUT2D eigenvalue weighted by atomic mass is 79.9. The van der Waals surface area contributed by atoms with Crippen molar-refractivity contribution in [2.75, 3.05) is 0 Å². The lowest BCUT2D eigenvalue weighted by molar-refractivity contribution is 0.175. The Morgan fingerprint density at radius 3 is 2.73 bits per heavy atom. The van der Waals surface area contributed by atoms with Crippen LogP contribution in [-0.4, -0.2) is 9.55 Å². The van der Waals surface area contributed by atoms with Crippen molar-refractivity contribution < 1.29 is 9.13 Å². The van der Waals surface area contributed by atoms with Crippen LogP contribution in [0.5, 0.6) is 5.75 Å². The van der Waals surface area contributed by atoms with Crippen LogP contribution in [0.2, 0.25) is 0 Å². The maximum atomic E-state index is 15.0. The Bertz CT molecular complexity index is 1290. The van der Waals surface area contributed by atoms with E-state index in [1.54, 1.807) is 11.3 Å². The Labute approximate surface area is 194 Å². The molecular formula is C23H17Br2FN2OS. The summed E-state index contributed by atoms with van der Waals surface area (Å²) in [5, 5.41) is 2.24. The monoisotopic (exact) mass is 546 g/mol. The third-order valence-electron chi connectivity index (χ3n) is 6.04. The number of hydrogen-bond donors (Lipinski definition) is 0. The van der Waals surface area contributed by atoms with Crippen LogP contribution in [0.4, 0.5) is 4.39 Å². The topological polar surface area (TPSA) is 27.1 Å². The highest BCUT2D eigenvalue weighted by Crippen LogP contribution is 2.48. The predicted molar refractivity (Wildman–Crippen MR) is 125 cm³/mol. The molecule has 0 N–H and O–H groups in total. The molecule has 6 rings (SSSR count). The average molecular weight is 548 g/mol. The Kier molecular flexibility index (Phi) is 4.55. The summed E-state index contributed by atoms with van der Waals surface area (Å²) in [7, 11) is 0. The van der Waals surface area contributed by atoms with Crippen molar-refractivity contribution in [1.29, 1.82) is 0 Å². The van der Waals surface area contributed by atoms with Crippen LogP contribution in [0.15, 0.2) is 51.5 Å². The van der Waals surface area contributed by atoms with Gasteiger partial charge in [-0.25, -0.2) is 9.37 Å². The smallest absolute Gasteiger partial charge is 0.213 e. The average Bonchev–Trinajstić information content (AvgIpc) is 3.45. The lowest BCUT2D eigenvalue weighted by Crippen LogP contribution is -2.22. The summed E-state index contributed by atoms with van der Waals surface area (Å²) < 4.78 is 25.2. The highest BCUT2D eigenvalue weighted by Gasteiger charge is 2.33. The summed E-state index contributed by atoms with van der Waals surface area (Å²) in [6, 6.07) is 11.5. The summed E-state index contributed by atoms with van der Waals surface area (Å²) in [4.78, 5) is 5.80. The molecule has 2 aromatic carbocycles. The first-order valence-electron chi connectivity index (χ1n) is 10.0. The van der Waals surface area contributed by atoms with Gasteiger partial charge in [-0.3, -0.25) is 4.57 Å². The van der Waals surface area contributed by atoms with Crippen LogP contribution >= 0.6 is 43.2 Å². The van der Waals surface area contributed by atoms with Crippen molar-refractivity contribution in [2.24, 2.45) is 0 Å². The number of thiazole rings is 1. The van der Waals surface area contributed by atoms with Gasteiger partial charge < -0.3 is 4.74 Å². The van der Waals surface area contributed by atoms with Gasteiger partial charge in [0, 0.05) is 26.4 Å². The second kappa shape index (κ2) is 7.18. The van der Waals surface area contributed by atoms with Crippen LogP contribution in [0.25, 0.3) is 22.2 Å². The lowest BCUT2D eigenvalue weighted by atomic mass is 10.1. The molecule has 1 fully saturated rings. The van der Waals surface area contributed by atoms with Gasteiger partial charge in [0.05, 0.1) is 26.7 Å². The molecule has 1 saturated carbocycles. The molecule has 0 amide bonds. The largest absolute Gasteiger partial charge is 0.464 e. The number of benzene rings is 2. The Hall–Kier alpha value is -1.70. The van der Waals surface area contributed by atoms with Gasteiger partial charge in [0.1, 0.15) is 11.6 Å². The second-order valence-electron chi connectivity index (χ2n) is 7.92. The molecule has 1 aliphatic heterocycles. The highest BCUT2D eigenvalue weighted by molar-refractivity contribution is 9.10. The maximum Gasteiger partial charge on any atom is 0.213 e. The number of nitrogens with zero attached hydrogens (tertiary/aromatic N) is 2. The van der Waals surface area contributed by atoms with Gasteiger partial charge in [0.25, 0.3) is 0 Å². The molecule has 3 heterocycles. The molecule has 152 valence electrons. The van der Waals surface area contributed by atoms with Gasteiger partial charge in [0.2, 0.25) is 6.23 Å². The third kappa shape index (κ3) is 2.97. The second-order valence-corrected chi connectivity index (χ2v) is 10.8. The van der Waals surface area contributed by atoms with E-state index in [0.29, 0.717) is 21.7 Å². The van der Waals surface area contributed by atoms with Crippen LogP contribution in [0, 0.1) is 5.82 Å². The molecule has 2 aliphatic rings. The fourth-order valence-electron chi connectivity index (χ4n) is 4.68. The fourth-order valence-corrected chi connectivity index (χ4v) is 6.58. The van der Waals surface area contributed by atoms with Gasteiger partial charge in [-0.15, -0.1) is 11.3 Å². The summed E-state index contributed by atoms with van der Waals surface area (Å²) >= 11 is 8.69. The van der Waals surface area contributed by atoms with E-state index in [1.807, 2.05) is 24.4 Å². The van der Waals surface area contributed by atoms with E-state index in [9.17, 15) is 0 Å². The fraction of sp³-hybridized carbons (Fsp3) is 0.261. The molecular weight excluding hydrogens is 531 g/mol. The minimum atomic E-state index is -0.368. The summed E-state index contributed by atoms with van der Waals surface area (Å²) in [5.74, 6) is 0.817. The quantitative estimate of drug-likeness (QED) is 0.254. The van der Waals surface area contributed by atoms with Crippen LogP contribution in [0.1, 0.15) is 47.7 Å². The van der Waals surface area contributed by atoms with E-state index in [4.69, 9.17) is 9.72 Å². The van der Waals surface area contributed by atoms with Gasteiger partial charge in [-0.2, -0.15) is 0 Å². The van der Waals surface area contributed by atoms with Crippen molar-refractivity contribution in [3.8, 4) is 17.0 Å². The standard InChI is InChI=1S/C23H17Br2FN2OS/c24-14-5-6-17-13(7-14)8-18-21-16(26)9-15(25)10-19(21)29-23(28(17)18)20-11-27-22(30-20)12-3-1-2-4-12/h5-12,23H,1-4H2. The molecule has 1 atom stereocenters. The van der Waals surface area contributed by atoms with Gasteiger partial charge in [-0.1, -0.05) is 44.7 Å². The van der Waals surface area contributed by atoms with E-state index in [-0.39, 0.29) is 12.0 Å². The Morgan fingerprint density at radius 1 is 1.07 bits per heavy atom. The van der Waals surface area contributed by atoms with Gasteiger partial charge >= 0.3 is 0 Å². The molecule has 3 nitrogen and oxygen atoms in total. The molecule has 4 aromatic rings. The predicted octanol–water partition coefficient (Wildman–Crippen LogP) is 8.03. The molecule has 30 heavy (non-hydrogen) atoms. The Morgan fingerprint density at radius 2 is 1.90 bits per heavy atom. The molecule has 2 aromatic heterocycles. The molecule has 0 spiro atoms. The molecule has 0 bridgehead atoms. The van der Waals surface area contributed by atoms with Crippen LogP contribution < -0.4 is 4.74 Å². The molecule has 1 unspecified atom stereocenters. The molecule has 0 saturated heterocycles. The van der Waals surface area contributed by atoms with Crippen molar-refractivity contribution in [1.82, 2.24) is 9.55 Å². The van der Waals surface area contributed by atoms with E-state index < -0.39 is 0 Å². The summed E-state index contributed by atoms with van der Waals surface area (Å²) in [5.41, 5.74) is 2.35. The summed E-state index contributed by atoms with van der Waals surface area (Å²) in [6.45, 7) is 0. The minimum Gasteiger partial charge on any atom is -0.464 e. The third-order valence-corrected chi connectivity index (χ3v) is 8.18. The SMILES string of the molecule is Fc1cc(Br)cc2c1-c1cc3cc(Br)ccc3n1C(c1cnc(C3CCCC3)s1)O2. The number of aromatic nitrogens is 2. The van der Waals surface area contributed by atoms with Crippen molar-refractivity contribution >= 4 is 54.1 Å². The van der Waals surface area contributed by atoms with E-state index in [1.165, 1.54) is 36.8 Å². The van der Waals surface area contributed by atoms with E-state index in [0.717, 1.165) is 25.9 Å². The number of halogens is 3. The van der Waals surface area contributed by atoms with Gasteiger partial charge in [0.15, 0.2) is 0 Å². The number of ether oxygens (including phenoxy) is 1. The zero-order chi connectivity index (χ0) is 20.4. The first-order valence-corrected chi connectivity index (χ1v) is 12.4. The van der Waals surface area contributed by atoms with E-state index >= 15 is 4.39 Å². The van der Waals surface area contributed by atoms with Crippen molar-refractivity contribution in [3.05, 3.63) is 67.2 Å². The zero-order valence-corrected chi connectivity index (χ0v) is 19.9. The summed E-state index contributed by atoms with van der Waals surface area (Å²) in [6.07, 6.45) is 6.56. The Balaban J connectivity index is 1.56. The normalized spacial score (nSPS) is 18.4. The van der Waals surface area contributed by atoms with Gasteiger partial charge in [-0.05, 0) is 49.2 Å². The van der Waals surface area contributed by atoms with Crippen LogP contribution in [-0.2, 0) is 0 Å². The van der Waals surface area contributed by atoms with Crippen molar-refractivity contribution in [3.63, 3.8) is 0 Å². The minimum absolute atomic E-state index is 0.295. The van der Waals surface area contributed by atoms with Crippen LogP contribution in [0.3, 0.4) is 0 Å². The number of fused-ring (bicyclic) bond motifs is 5. The zero-order valence-electron chi connectivity index (χ0n) is 15.9. The first-order chi connectivity index (χ1) is 14.6. The first kappa shape index (κ1) is 19.0. The molecule has 7 heteroatoms. The number of hydrogen-bond acceptors (Lipinski definition) is 3. The maximum absolute atomic E-state index is 15.0. The lowest BCUT2D eigenvalue weighted by Gasteiger charge is -2.29.